The smallest absolute Gasteiger partial charge is 0.408 e. The minimum Gasteiger partial charge on any atom is -0.494 e. The van der Waals surface area contributed by atoms with Gasteiger partial charge in [0.15, 0.2) is 5.75 Å². The fourth-order valence-corrected chi connectivity index (χ4v) is 6.90. The number of carbonyl (C=O) groups excluding carboxylic acids is 5. The first-order valence-electron chi connectivity index (χ1n) is 19.1. The summed E-state index contributed by atoms with van der Waals surface area (Å²) in [6, 6.07) is 21.4. The van der Waals surface area contributed by atoms with Gasteiger partial charge in [0.05, 0.1) is 59.4 Å². The third kappa shape index (κ3) is 8.96. The number of alkyl carbamates (subject to hydrolysis) is 1. The Morgan fingerprint density at radius 3 is 2.29 bits per heavy atom. The van der Waals surface area contributed by atoms with Crippen LogP contribution in [0.2, 0.25) is 0 Å². The number of imidazole rings is 1. The molecule has 2 heterocycles. The monoisotopic (exact) mass is 788 g/mol. The number of anilines is 2. The van der Waals surface area contributed by atoms with Gasteiger partial charge in [-0.3, -0.25) is 24.1 Å². The number of carbonyl (C=O) groups is 5. The number of fused-ring (bicyclic) bond motifs is 2. The van der Waals surface area contributed by atoms with Gasteiger partial charge < -0.3 is 34.7 Å². The number of H-pyrrole nitrogens is 1. The predicted octanol–water partition coefficient (Wildman–Crippen LogP) is 7.65. The van der Waals surface area contributed by atoms with Gasteiger partial charge in [-0.1, -0.05) is 43.2 Å². The van der Waals surface area contributed by atoms with Crippen LogP contribution in [0.5, 0.6) is 11.5 Å². The largest absolute Gasteiger partial charge is 0.494 e. The van der Waals surface area contributed by atoms with Crippen molar-refractivity contribution in [3.63, 3.8) is 0 Å². The summed E-state index contributed by atoms with van der Waals surface area (Å²) in [6.07, 6.45) is 2.96. The number of methoxy groups -OCH3 is 1. The van der Waals surface area contributed by atoms with Gasteiger partial charge in [-0.15, -0.1) is 0 Å². The zero-order valence-corrected chi connectivity index (χ0v) is 33.6. The van der Waals surface area contributed by atoms with Crippen molar-refractivity contribution >= 4 is 52.6 Å². The van der Waals surface area contributed by atoms with Crippen LogP contribution in [0.3, 0.4) is 0 Å². The molecule has 0 saturated heterocycles. The van der Waals surface area contributed by atoms with Gasteiger partial charge in [0, 0.05) is 24.7 Å². The van der Waals surface area contributed by atoms with Crippen molar-refractivity contribution in [3.8, 4) is 22.6 Å². The number of aromatic nitrogens is 2. The lowest BCUT2D eigenvalue weighted by Gasteiger charge is -2.24. The van der Waals surface area contributed by atoms with Gasteiger partial charge in [-0.25, -0.2) is 9.78 Å². The second kappa shape index (κ2) is 17.6. The van der Waals surface area contributed by atoms with Crippen molar-refractivity contribution in [1.82, 2.24) is 20.2 Å². The second-order valence-electron chi connectivity index (χ2n) is 15.0. The number of aryl methyl sites for hydroxylation is 1. The number of imide groups is 1. The lowest BCUT2D eigenvalue weighted by atomic mass is 9.98. The van der Waals surface area contributed by atoms with E-state index in [0.717, 1.165) is 24.8 Å². The van der Waals surface area contributed by atoms with Gasteiger partial charge in [0.2, 0.25) is 6.41 Å². The van der Waals surface area contributed by atoms with Crippen LogP contribution in [0, 0.1) is 6.92 Å². The van der Waals surface area contributed by atoms with E-state index in [-0.39, 0.29) is 35.4 Å². The quantitative estimate of drug-likeness (QED) is 0.0516. The molecular formula is C44H48N6O8. The summed E-state index contributed by atoms with van der Waals surface area (Å²) in [7, 11) is 3.10. The Morgan fingerprint density at radius 2 is 1.60 bits per heavy atom. The number of para-hydroxylation sites is 1. The van der Waals surface area contributed by atoms with E-state index in [1.165, 1.54) is 16.9 Å². The van der Waals surface area contributed by atoms with E-state index in [9.17, 15) is 24.0 Å². The molecule has 5 amide bonds. The van der Waals surface area contributed by atoms with Crippen molar-refractivity contribution in [2.24, 2.45) is 0 Å². The Bertz CT molecular complexity index is 2330. The number of ether oxygens (including phenoxy) is 3. The Balaban J connectivity index is 1.14. The van der Waals surface area contributed by atoms with Crippen LogP contribution < -0.4 is 25.0 Å². The third-order valence-electron chi connectivity index (χ3n) is 9.64. The Labute approximate surface area is 336 Å². The maximum absolute atomic E-state index is 14.2. The molecule has 14 nitrogen and oxygen atoms in total. The molecule has 0 radical (unpaired) electrons. The Morgan fingerprint density at radius 1 is 0.897 bits per heavy atom. The topological polar surface area (TPSA) is 172 Å². The van der Waals surface area contributed by atoms with Gasteiger partial charge in [-0.05, 0) is 88.6 Å². The molecule has 0 atom stereocenters. The van der Waals surface area contributed by atoms with E-state index in [0.29, 0.717) is 76.5 Å². The molecule has 6 rings (SSSR count). The van der Waals surface area contributed by atoms with Crippen molar-refractivity contribution in [2.75, 3.05) is 37.5 Å². The highest BCUT2D eigenvalue weighted by molar-refractivity contribution is 6.21. The number of aromatic amines is 1. The number of amides is 5. The van der Waals surface area contributed by atoms with Crippen LogP contribution in [-0.4, -0.2) is 78.0 Å². The van der Waals surface area contributed by atoms with Gasteiger partial charge in [-0.2, -0.15) is 0 Å². The van der Waals surface area contributed by atoms with Crippen molar-refractivity contribution < 1.29 is 38.2 Å². The summed E-state index contributed by atoms with van der Waals surface area (Å²) in [6.45, 7) is 8.15. The SMILES string of the molecule is COc1c(-c2cccc3[nH]c(CNC(=O)OC(C)(C)C)nc23)ccc(C(=O)N(C)c2ccc(C)cc2OCCCCCCN2C(=O)c3ccccc3C2=O)c1NC=O. The van der Waals surface area contributed by atoms with Crippen LogP contribution >= 0.6 is 0 Å². The van der Waals surface area contributed by atoms with Crippen molar-refractivity contribution in [1.29, 1.82) is 0 Å². The summed E-state index contributed by atoms with van der Waals surface area (Å²) in [4.78, 5) is 74.6. The van der Waals surface area contributed by atoms with E-state index in [2.05, 4.69) is 15.6 Å². The molecule has 0 spiro atoms. The number of hydrogen-bond acceptors (Lipinski definition) is 9. The van der Waals surface area contributed by atoms with Gasteiger partial charge >= 0.3 is 6.09 Å². The van der Waals surface area contributed by atoms with E-state index in [1.807, 2.05) is 43.3 Å². The minimum atomic E-state index is -0.646. The van der Waals surface area contributed by atoms with E-state index in [1.54, 1.807) is 64.2 Å². The first-order valence-corrected chi connectivity index (χ1v) is 19.1. The molecule has 1 aliphatic rings. The number of rotatable bonds is 16. The molecule has 1 aromatic heterocycles. The first kappa shape index (κ1) is 40.9. The molecule has 58 heavy (non-hydrogen) atoms. The molecule has 0 unspecified atom stereocenters. The summed E-state index contributed by atoms with van der Waals surface area (Å²) >= 11 is 0. The summed E-state index contributed by atoms with van der Waals surface area (Å²) in [5.41, 5.74) is 4.68. The average Bonchev–Trinajstić information content (AvgIpc) is 3.73. The zero-order valence-electron chi connectivity index (χ0n) is 33.6. The number of nitrogens with zero attached hydrogens (tertiary/aromatic N) is 3. The fourth-order valence-electron chi connectivity index (χ4n) is 6.90. The zero-order chi connectivity index (χ0) is 41.6. The highest BCUT2D eigenvalue weighted by atomic mass is 16.6. The molecule has 0 saturated carbocycles. The number of unbranched alkanes of at least 4 members (excludes halogenated alkanes) is 3. The number of benzene rings is 4. The molecule has 302 valence electrons. The van der Waals surface area contributed by atoms with Crippen LogP contribution in [0.25, 0.3) is 22.2 Å². The first-order chi connectivity index (χ1) is 27.8. The molecule has 0 aliphatic carbocycles. The molecule has 3 N–H and O–H groups in total. The summed E-state index contributed by atoms with van der Waals surface area (Å²) in [5, 5.41) is 5.40. The van der Waals surface area contributed by atoms with Crippen LogP contribution in [0.1, 0.15) is 88.9 Å². The van der Waals surface area contributed by atoms with Crippen LogP contribution in [0.4, 0.5) is 16.2 Å². The van der Waals surface area contributed by atoms with Crippen LogP contribution in [0.15, 0.2) is 72.8 Å². The lowest BCUT2D eigenvalue weighted by Crippen LogP contribution is -2.32. The normalized spacial score (nSPS) is 12.3. The summed E-state index contributed by atoms with van der Waals surface area (Å²) in [5.74, 6) is 0.389. The Kier molecular flexibility index (Phi) is 12.4. The van der Waals surface area contributed by atoms with Gasteiger partial charge in [0.1, 0.15) is 17.2 Å². The molecule has 0 fully saturated rings. The Hall–Kier alpha value is -6.70. The minimum absolute atomic E-state index is 0.101. The highest BCUT2D eigenvalue weighted by Gasteiger charge is 2.34. The molecule has 14 heteroatoms. The highest BCUT2D eigenvalue weighted by Crippen LogP contribution is 2.42. The van der Waals surface area contributed by atoms with E-state index < -0.39 is 17.6 Å². The molecule has 1 aliphatic heterocycles. The summed E-state index contributed by atoms with van der Waals surface area (Å²) < 4.78 is 17.4. The van der Waals surface area contributed by atoms with Crippen molar-refractivity contribution in [2.45, 2.75) is 65.5 Å². The fraction of sp³-hybridized carbons (Fsp3) is 0.318. The molecule has 0 bridgehead atoms. The number of nitrogens with one attached hydrogen (secondary N) is 3. The van der Waals surface area contributed by atoms with Gasteiger partial charge in [0.25, 0.3) is 17.7 Å². The molecule has 4 aromatic carbocycles. The van der Waals surface area contributed by atoms with E-state index in [4.69, 9.17) is 19.2 Å². The second-order valence-corrected chi connectivity index (χ2v) is 15.0. The number of hydrogen-bond donors (Lipinski definition) is 3. The van der Waals surface area contributed by atoms with Crippen LogP contribution in [-0.2, 0) is 16.1 Å². The maximum Gasteiger partial charge on any atom is 0.408 e. The standard InChI is InChI=1S/C44H48N6O8/c1-27-18-21-34(35(24-27)57-23-12-8-7-11-22-50-41(53)30-14-9-10-15-31(30)42(50)54)49(5)40(52)32-20-19-29(39(56-6)38(32)46-26-51)28-16-13-17-33-37(28)48-36(47-33)25-45-43(55)58-44(2,3)4/h9-10,13-21,24,26H,7-8,11-12,22-23,25H2,1-6H3,(H,45,55)(H,46,51)(H,47,48). The average molecular weight is 789 g/mol. The predicted molar refractivity (Wildman–Crippen MR) is 221 cm³/mol. The molecular weight excluding hydrogens is 741 g/mol. The van der Waals surface area contributed by atoms with E-state index >= 15 is 0 Å². The third-order valence-corrected chi connectivity index (χ3v) is 9.64. The van der Waals surface area contributed by atoms with Crippen molar-refractivity contribution in [3.05, 3.63) is 101 Å². The lowest BCUT2D eigenvalue weighted by molar-refractivity contribution is -0.105. The molecule has 5 aromatic rings. The maximum atomic E-state index is 14.2.